The van der Waals surface area contributed by atoms with E-state index in [1.165, 1.54) is 4.90 Å². The maximum atomic E-state index is 13.2. The summed E-state index contributed by atoms with van der Waals surface area (Å²) in [6.07, 6.45) is 0. The molecule has 2 aliphatic heterocycles. The average Bonchev–Trinajstić information content (AvgIpc) is 3.38. The third-order valence-electron chi connectivity index (χ3n) is 5.66. The second kappa shape index (κ2) is 8.14. The fraction of sp³-hybridized carbons (Fsp3) is 0.120. The Labute approximate surface area is 199 Å². The molecule has 6 nitrogen and oxygen atoms in total. The monoisotopic (exact) mass is 481 g/mol. The van der Waals surface area contributed by atoms with Gasteiger partial charge in [-0.15, -0.1) is 0 Å². The molecular weight excluding hydrogens is 465 g/mol. The fourth-order valence-electron chi connectivity index (χ4n) is 4.00. The lowest BCUT2D eigenvalue weighted by Crippen LogP contribution is -2.29. The van der Waals surface area contributed by atoms with Crippen LogP contribution in [0.3, 0.4) is 0 Å². The number of amides is 1. The number of benzene rings is 3. The maximum Gasteiger partial charge on any atom is 0.300 e. The lowest BCUT2D eigenvalue weighted by Gasteiger charge is -2.26. The number of fused-ring (bicyclic) bond motifs is 1. The third kappa shape index (κ3) is 3.61. The third-order valence-corrected chi connectivity index (χ3v) is 6.40. The molecule has 0 aliphatic carbocycles. The molecular formula is C25H17Cl2NO5. The second-order valence-electron chi connectivity index (χ2n) is 7.75. The standard InChI is InChI=1S/C25H17Cl2NO5/c1-13-2-6-16(7-3-13)28-22(14-4-8-17(26)18(27)10-14)21(24(30)25(28)31)23(29)15-5-9-19-20(11-15)33-12-32-19/h2-11,22,29H,12H2,1H3/b23-21-. The number of Topliss-reactive ketones (excluding diaryl/α,β-unsaturated/α-hetero) is 1. The van der Waals surface area contributed by atoms with Gasteiger partial charge in [-0.3, -0.25) is 14.5 Å². The summed E-state index contributed by atoms with van der Waals surface area (Å²) in [5.74, 6) is -0.901. The number of aliphatic hydroxyl groups is 1. The minimum Gasteiger partial charge on any atom is -0.507 e. The molecule has 1 saturated heterocycles. The number of halogens is 2. The van der Waals surface area contributed by atoms with Gasteiger partial charge in [0.2, 0.25) is 6.79 Å². The maximum absolute atomic E-state index is 13.2. The van der Waals surface area contributed by atoms with E-state index in [9.17, 15) is 14.7 Å². The molecule has 0 radical (unpaired) electrons. The minimum absolute atomic E-state index is 0.0576. The van der Waals surface area contributed by atoms with Crippen LogP contribution in [-0.2, 0) is 9.59 Å². The average molecular weight is 482 g/mol. The lowest BCUT2D eigenvalue weighted by atomic mass is 9.95. The van der Waals surface area contributed by atoms with E-state index in [2.05, 4.69) is 0 Å². The minimum atomic E-state index is -0.909. The van der Waals surface area contributed by atoms with E-state index in [1.54, 1.807) is 48.5 Å². The molecule has 1 N–H and O–H groups in total. The van der Waals surface area contributed by atoms with Crippen molar-refractivity contribution in [3.05, 3.63) is 93.0 Å². The molecule has 8 heteroatoms. The molecule has 0 aromatic heterocycles. The highest BCUT2D eigenvalue weighted by Crippen LogP contribution is 2.44. The van der Waals surface area contributed by atoms with E-state index in [4.69, 9.17) is 32.7 Å². The summed E-state index contributed by atoms with van der Waals surface area (Å²) < 4.78 is 10.7. The van der Waals surface area contributed by atoms with Gasteiger partial charge in [-0.05, 0) is 55.0 Å². The Morgan fingerprint density at radius 3 is 2.39 bits per heavy atom. The van der Waals surface area contributed by atoms with Crippen LogP contribution in [0.5, 0.6) is 11.5 Å². The summed E-state index contributed by atoms with van der Waals surface area (Å²) in [5.41, 5.74) is 2.32. The van der Waals surface area contributed by atoms with Crippen LogP contribution >= 0.6 is 23.2 Å². The summed E-state index contributed by atoms with van der Waals surface area (Å²) in [7, 11) is 0. The van der Waals surface area contributed by atoms with Crippen LogP contribution in [0, 0.1) is 6.92 Å². The Balaban J connectivity index is 1.71. The second-order valence-corrected chi connectivity index (χ2v) is 8.56. The quantitative estimate of drug-likeness (QED) is 0.296. The summed E-state index contributed by atoms with van der Waals surface area (Å²) in [6.45, 7) is 1.99. The Bertz CT molecular complexity index is 1330. The van der Waals surface area contributed by atoms with Crippen molar-refractivity contribution in [1.82, 2.24) is 0 Å². The van der Waals surface area contributed by atoms with Crippen molar-refractivity contribution in [2.75, 3.05) is 11.7 Å². The van der Waals surface area contributed by atoms with Gasteiger partial charge >= 0.3 is 0 Å². The van der Waals surface area contributed by atoms with Crippen LogP contribution < -0.4 is 14.4 Å². The molecule has 0 saturated carbocycles. The Kier molecular flexibility index (Phi) is 5.27. The number of carbonyl (C=O) groups excluding carboxylic acids is 2. The first-order valence-corrected chi connectivity index (χ1v) is 10.8. The molecule has 2 aliphatic rings. The van der Waals surface area contributed by atoms with Gasteiger partial charge in [0.25, 0.3) is 11.7 Å². The van der Waals surface area contributed by atoms with Gasteiger partial charge in [0.1, 0.15) is 5.76 Å². The molecule has 1 unspecified atom stereocenters. The Morgan fingerprint density at radius 2 is 1.67 bits per heavy atom. The summed E-state index contributed by atoms with van der Waals surface area (Å²) >= 11 is 12.4. The molecule has 1 atom stereocenters. The predicted octanol–water partition coefficient (Wildman–Crippen LogP) is 5.66. The number of hydrogen-bond acceptors (Lipinski definition) is 5. The van der Waals surface area contributed by atoms with Gasteiger partial charge in [-0.2, -0.15) is 0 Å². The first-order chi connectivity index (χ1) is 15.8. The van der Waals surface area contributed by atoms with E-state index in [1.807, 2.05) is 19.1 Å². The zero-order valence-electron chi connectivity index (χ0n) is 17.3. The normalized spacial score (nSPS) is 18.8. The highest BCUT2D eigenvalue weighted by Gasteiger charge is 2.47. The van der Waals surface area contributed by atoms with Crippen molar-refractivity contribution in [2.24, 2.45) is 0 Å². The first kappa shape index (κ1) is 21.4. The van der Waals surface area contributed by atoms with E-state index < -0.39 is 17.7 Å². The van der Waals surface area contributed by atoms with Gasteiger partial charge in [0.05, 0.1) is 21.7 Å². The zero-order valence-corrected chi connectivity index (χ0v) is 18.9. The van der Waals surface area contributed by atoms with Crippen molar-refractivity contribution in [2.45, 2.75) is 13.0 Å². The molecule has 166 valence electrons. The zero-order chi connectivity index (χ0) is 23.3. The SMILES string of the molecule is Cc1ccc(N2C(=O)C(=O)/C(=C(\O)c3ccc4c(c3)OCO4)C2c2ccc(Cl)c(Cl)c2)cc1. The smallest absolute Gasteiger partial charge is 0.300 e. The van der Waals surface area contributed by atoms with Crippen molar-refractivity contribution < 1.29 is 24.2 Å². The van der Waals surface area contributed by atoms with Crippen LogP contribution in [-0.4, -0.2) is 23.6 Å². The number of ketones is 1. The summed E-state index contributed by atoms with van der Waals surface area (Å²) in [5, 5.41) is 11.8. The Hall–Kier alpha value is -3.48. The summed E-state index contributed by atoms with van der Waals surface area (Å²) in [6, 6.07) is 16.0. The molecule has 2 heterocycles. The highest BCUT2D eigenvalue weighted by atomic mass is 35.5. The van der Waals surface area contributed by atoms with E-state index in [-0.39, 0.29) is 23.1 Å². The predicted molar refractivity (Wildman–Crippen MR) is 125 cm³/mol. The van der Waals surface area contributed by atoms with Crippen molar-refractivity contribution >= 4 is 46.3 Å². The fourth-order valence-corrected chi connectivity index (χ4v) is 4.31. The van der Waals surface area contributed by atoms with Crippen LogP contribution in [0.2, 0.25) is 10.0 Å². The van der Waals surface area contributed by atoms with Crippen molar-refractivity contribution in [3.63, 3.8) is 0 Å². The van der Waals surface area contributed by atoms with Gasteiger partial charge < -0.3 is 14.6 Å². The van der Waals surface area contributed by atoms with E-state index >= 15 is 0 Å². The van der Waals surface area contributed by atoms with E-state index in [0.29, 0.717) is 33.3 Å². The van der Waals surface area contributed by atoms with Crippen molar-refractivity contribution in [1.29, 1.82) is 0 Å². The van der Waals surface area contributed by atoms with E-state index in [0.717, 1.165) is 5.56 Å². The van der Waals surface area contributed by atoms with Gasteiger partial charge in [-0.1, -0.05) is 47.0 Å². The molecule has 3 aromatic carbocycles. The van der Waals surface area contributed by atoms with Gasteiger partial charge in [0, 0.05) is 11.3 Å². The topological polar surface area (TPSA) is 76.1 Å². The molecule has 1 amide bonds. The summed E-state index contributed by atoms with van der Waals surface area (Å²) in [4.78, 5) is 27.8. The number of anilines is 1. The first-order valence-electron chi connectivity index (χ1n) is 10.1. The number of ether oxygens (including phenoxy) is 2. The molecule has 0 spiro atoms. The Morgan fingerprint density at radius 1 is 0.939 bits per heavy atom. The molecule has 5 rings (SSSR count). The van der Waals surface area contributed by atoms with Gasteiger partial charge in [-0.25, -0.2) is 0 Å². The number of aryl methyl sites for hydroxylation is 1. The molecule has 3 aromatic rings. The van der Waals surface area contributed by atoms with Crippen LogP contribution in [0.1, 0.15) is 22.7 Å². The van der Waals surface area contributed by atoms with Crippen LogP contribution in [0.15, 0.2) is 66.2 Å². The lowest BCUT2D eigenvalue weighted by molar-refractivity contribution is -0.132. The molecule has 1 fully saturated rings. The molecule has 0 bridgehead atoms. The van der Waals surface area contributed by atoms with Crippen LogP contribution in [0.4, 0.5) is 5.69 Å². The van der Waals surface area contributed by atoms with Crippen LogP contribution in [0.25, 0.3) is 5.76 Å². The number of nitrogens with zero attached hydrogens (tertiary/aromatic N) is 1. The number of rotatable bonds is 3. The van der Waals surface area contributed by atoms with Crippen molar-refractivity contribution in [3.8, 4) is 11.5 Å². The molecule has 33 heavy (non-hydrogen) atoms. The number of carbonyl (C=O) groups is 2. The largest absolute Gasteiger partial charge is 0.507 e. The number of hydrogen-bond donors (Lipinski definition) is 1. The van der Waals surface area contributed by atoms with Gasteiger partial charge in [0.15, 0.2) is 11.5 Å². The highest BCUT2D eigenvalue weighted by molar-refractivity contribution is 6.51. The number of aliphatic hydroxyl groups excluding tert-OH is 1.